The Kier molecular flexibility index (Phi) is 3.90. The lowest BCUT2D eigenvalue weighted by Crippen LogP contribution is -2.40. The van der Waals surface area contributed by atoms with Crippen LogP contribution in [0.3, 0.4) is 0 Å². The molecule has 3 rings (SSSR count). The molecule has 0 spiro atoms. The second kappa shape index (κ2) is 5.84. The number of carbonyl (C=O) groups excluding carboxylic acids is 1. The minimum absolute atomic E-state index is 0.267. The minimum Gasteiger partial charge on any atom is -0.342 e. The van der Waals surface area contributed by atoms with Crippen LogP contribution in [0.25, 0.3) is 5.65 Å². The third-order valence-corrected chi connectivity index (χ3v) is 4.06. The highest BCUT2D eigenvalue weighted by Crippen LogP contribution is 2.26. The predicted molar refractivity (Wildman–Crippen MR) is 81.0 cm³/mol. The summed E-state index contributed by atoms with van der Waals surface area (Å²) in [5.74, 6) is 1.94. The Morgan fingerprint density at radius 3 is 3.05 bits per heavy atom. The molecule has 0 N–H and O–H groups in total. The van der Waals surface area contributed by atoms with E-state index in [2.05, 4.69) is 24.0 Å². The van der Waals surface area contributed by atoms with Crippen molar-refractivity contribution in [1.29, 1.82) is 0 Å². The van der Waals surface area contributed by atoms with E-state index in [9.17, 15) is 4.79 Å². The summed E-state index contributed by atoms with van der Waals surface area (Å²) in [6.07, 6.45) is 4.74. The zero-order valence-electron chi connectivity index (χ0n) is 12.7. The second-order valence-corrected chi connectivity index (χ2v) is 6.26. The molecular weight excluding hydrogens is 264 g/mol. The molecule has 5 heteroatoms. The van der Waals surface area contributed by atoms with E-state index in [1.54, 1.807) is 0 Å². The Balaban J connectivity index is 1.78. The first-order valence-electron chi connectivity index (χ1n) is 7.72. The van der Waals surface area contributed by atoms with E-state index in [1.807, 2.05) is 33.7 Å². The van der Waals surface area contributed by atoms with Gasteiger partial charge < -0.3 is 4.90 Å². The maximum atomic E-state index is 12.3. The smallest absolute Gasteiger partial charge is 0.222 e. The molecule has 0 aliphatic carbocycles. The Bertz CT molecular complexity index is 634. The molecular formula is C16H22N4O. The quantitative estimate of drug-likeness (QED) is 0.871. The van der Waals surface area contributed by atoms with Crippen LogP contribution >= 0.6 is 0 Å². The number of aromatic nitrogens is 3. The van der Waals surface area contributed by atoms with Crippen molar-refractivity contribution in [2.24, 2.45) is 5.92 Å². The van der Waals surface area contributed by atoms with Crippen molar-refractivity contribution < 1.29 is 4.79 Å². The molecule has 1 aliphatic rings. The molecule has 0 radical (unpaired) electrons. The molecule has 3 heterocycles. The van der Waals surface area contributed by atoms with Crippen LogP contribution in [0.1, 0.15) is 44.9 Å². The molecule has 1 unspecified atom stereocenters. The maximum Gasteiger partial charge on any atom is 0.222 e. The van der Waals surface area contributed by atoms with E-state index >= 15 is 0 Å². The fraction of sp³-hybridized carbons (Fsp3) is 0.562. The van der Waals surface area contributed by atoms with Crippen molar-refractivity contribution in [3.63, 3.8) is 0 Å². The number of nitrogens with zero attached hydrogens (tertiary/aromatic N) is 4. The van der Waals surface area contributed by atoms with E-state index in [0.29, 0.717) is 12.3 Å². The van der Waals surface area contributed by atoms with Crippen LogP contribution in [0, 0.1) is 5.92 Å². The molecule has 112 valence electrons. The van der Waals surface area contributed by atoms with Gasteiger partial charge in [-0.25, -0.2) is 0 Å². The fourth-order valence-electron chi connectivity index (χ4n) is 3.03. The van der Waals surface area contributed by atoms with Crippen LogP contribution in [-0.4, -0.2) is 38.5 Å². The van der Waals surface area contributed by atoms with Gasteiger partial charge in [-0.2, -0.15) is 0 Å². The first-order valence-corrected chi connectivity index (χ1v) is 7.72. The van der Waals surface area contributed by atoms with E-state index in [4.69, 9.17) is 0 Å². The van der Waals surface area contributed by atoms with E-state index in [0.717, 1.165) is 37.4 Å². The lowest BCUT2D eigenvalue weighted by Gasteiger charge is -2.32. The molecule has 1 aliphatic heterocycles. The molecule has 1 fully saturated rings. The van der Waals surface area contributed by atoms with Gasteiger partial charge in [-0.1, -0.05) is 19.9 Å². The van der Waals surface area contributed by atoms with E-state index in [-0.39, 0.29) is 11.8 Å². The van der Waals surface area contributed by atoms with Crippen molar-refractivity contribution in [3.05, 3.63) is 30.2 Å². The predicted octanol–water partition coefficient (Wildman–Crippen LogP) is 2.48. The number of likely N-dealkylation sites (tertiary alicyclic amines) is 1. The third kappa shape index (κ3) is 2.91. The van der Waals surface area contributed by atoms with Gasteiger partial charge in [-0.3, -0.25) is 9.20 Å². The molecule has 1 amide bonds. The van der Waals surface area contributed by atoms with Crippen LogP contribution in [0.5, 0.6) is 0 Å². The van der Waals surface area contributed by atoms with E-state index < -0.39 is 0 Å². The Labute approximate surface area is 125 Å². The molecule has 0 bridgehead atoms. The average Bonchev–Trinajstić information content (AvgIpc) is 2.90. The van der Waals surface area contributed by atoms with E-state index in [1.165, 1.54) is 0 Å². The minimum atomic E-state index is 0.267. The van der Waals surface area contributed by atoms with Gasteiger partial charge in [0.25, 0.3) is 0 Å². The third-order valence-electron chi connectivity index (χ3n) is 4.06. The van der Waals surface area contributed by atoms with Gasteiger partial charge in [0.15, 0.2) is 5.65 Å². The number of carbonyl (C=O) groups is 1. The molecule has 0 saturated carbocycles. The topological polar surface area (TPSA) is 50.5 Å². The van der Waals surface area contributed by atoms with Gasteiger partial charge in [-0.05, 0) is 30.9 Å². The van der Waals surface area contributed by atoms with Crippen LogP contribution in [0.4, 0.5) is 0 Å². The van der Waals surface area contributed by atoms with Gasteiger partial charge in [0, 0.05) is 31.6 Å². The normalized spacial score (nSPS) is 19.4. The molecule has 21 heavy (non-hydrogen) atoms. The Morgan fingerprint density at radius 2 is 2.24 bits per heavy atom. The summed E-state index contributed by atoms with van der Waals surface area (Å²) in [4.78, 5) is 14.3. The van der Waals surface area contributed by atoms with Crippen molar-refractivity contribution >= 4 is 11.6 Å². The first-order chi connectivity index (χ1) is 10.1. The SMILES string of the molecule is CC(C)CC(=O)N1CCCC(c2nnc3ccccn23)C1. The number of hydrogen-bond acceptors (Lipinski definition) is 3. The number of amides is 1. The lowest BCUT2D eigenvalue weighted by molar-refractivity contribution is -0.133. The molecule has 5 nitrogen and oxygen atoms in total. The average molecular weight is 286 g/mol. The van der Waals surface area contributed by atoms with Crippen molar-refractivity contribution in [2.45, 2.75) is 39.0 Å². The first kappa shape index (κ1) is 14.0. The summed E-state index contributed by atoms with van der Waals surface area (Å²) >= 11 is 0. The lowest BCUT2D eigenvalue weighted by atomic mass is 9.96. The zero-order valence-corrected chi connectivity index (χ0v) is 12.7. The molecule has 1 atom stereocenters. The maximum absolute atomic E-state index is 12.3. The number of piperidine rings is 1. The molecule has 2 aromatic heterocycles. The fourth-order valence-corrected chi connectivity index (χ4v) is 3.03. The summed E-state index contributed by atoms with van der Waals surface area (Å²) in [7, 11) is 0. The van der Waals surface area contributed by atoms with Crippen LogP contribution in [0.2, 0.25) is 0 Å². The van der Waals surface area contributed by atoms with Crippen LogP contribution < -0.4 is 0 Å². The van der Waals surface area contributed by atoms with Gasteiger partial charge in [0.05, 0.1) is 0 Å². The highest BCUT2D eigenvalue weighted by molar-refractivity contribution is 5.76. The van der Waals surface area contributed by atoms with Gasteiger partial charge in [0.1, 0.15) is 5.82 Å². The zero-order chi connectivity index (χ0) is 14.8. The summed E-state index contributed by atoms with van der Waals surface area (Å²) in [5, 5.41) is 8.57. The van der Waals surface area contributed by atoms with Crippen molar-refractivity contribution in [1.82, 2.24) is 19.5 Å². The van der Waals surface area contributed by atoms with Crippen LogP contribution in [0.15, 0.2) is 24.4 Å². The van der Waals surface area contributed by atoms with Gasteiger partial charge >= 0.3 is 0 Å². The van der Waals surface area contributed by atoms with Crippen molar-refractivity contribution in [3.8, 4) is 0 Å². The Hall–Kier alpha value is -1.91. The van der Waals surface area contributed by atoms with Crippen molar-refractivity contribution in [2.75, 3.05) is 13.1 Å². The second-order valence-electron chi connectivity index (χ2n) is 6.26. The number of fused-ring (bicyclic) bond motifs is 1. The monoisotopic (exact) mass is 286 g/mol. The number of pyridine rings is 1. The van der Waals surface area contributed by atoms with Gasteiger partial charge in [-0.15, -0.1) is 10.2 Å². The summed E-state index contributed by atoms with van der Waals surface area (Å²) in [5.41, 5.74) is 0.873. The molecule has 1 saturated heterocycles. The summed E-state index contributed by atoms with van der Waals surface area (Å²) in [6.45, 7) is 5.82. The Morgan fingerprint density at radius 1 is 1.38 bits per heavy atom. The molecule has 2 aromatic rings. The highest BCUT2D eigenvalue weighted by atomic mass is 16.2. The summed E-state index contributed by atoms with van der Waals surface area (Å²) in [6, 6.07) is 5.92. The van der Waals surface area contributed by atoms with Crippen LogP contribution in [-0.2, 0) is 4.79 Å². The van der Waals surface area contributed by atoms with Gasteiger partial charge in [0.2, 0.25) is 5.91 Å². The number of rotatable bonds is 3. The largest absolute Gasteiger partial charge is 0.342 e. The standard InChI is InChI=1S/C16H22N4O/c1-12(2)10-15(21)19-8-5-6-13(11-19)16-18-17-14-7-3-4-9-20(14)16/h3-4,7,9,12-13H,5-6,8,10-11H2,1-2H3. The molecule has 0 aromatic carbocycles. The highest BCUT2D eigenvalue weighted by Gasteiger charge is 2.27. The summed E-state index contributed by atoms with van der Waals surface area (Å²) < 4.78 is 2.04. The number of hydrogen-bond donors (Lipinski definition) is 0.